The SMILES string of the molecule is CN(C)CCN(C=O)C(=O)O. The van der Waals surface area contributed by atoms with Crippen molar-refractivity contribution in [3.8, 4) is 0 Å². The molecule has 0 aromatic carbocycles. The average Bonchev–Trinajstić information content (AvgIpc) is 1.87. The number of rotatable bonds is 4. The summed E-state index contributed by atoms with van der Waals surface area (Å²) in [4.78, 5) is 22.8. The van der Waals surface area contributed by atoms with Crippen LogP contribution in [-0.2, 0) is 4.79 Å². The monoisotopic (exact) mass is 160 g/mol. The number of amides is 2. The molecule has 0 unspecified atom stereocenters. The molecular formula is C6H12N2O3. The van der Waals surface area contributed by atoms with Gasteiger partial charge < -0.3 is 10.0 Å². The lowest BCUT2D eigenvalue weighted by Gasteiger charge is -2.14. The third kappa shape index (κ3) is 4.32. The fourth-order valence-corrected chi connectivity index (χ4v) is 0.501. The van der Waals surface area contributed by atoms with Crippen LogP contribution in [0.3, 0.4) is 0 Å². The van der Waals surface area contributed by atoms with Crippen molar-refractivity contribution in [2.75, 3.05) is 27.2 Å². The van der Waals surface area contributed by atoms with E-state index in [-0.39, 0.29) is 6.54 Å². The fraction of sp³-hybridized carbons (Fsp3) is 0.667. The predicted octanol–water partition coefficient (Wildman–Crippen LogP) is -0.316. The smallest absolute Gasteiger partial charge is 0.413 e. The highest BCUT2D eigenvalue weighted by atomic mass is 16.4. The number of imide groups is 1. The maximum Gasteiger partial charge on any atom is 0.413 e. The number of carbonyl (C=O) groups excluding carboxylic acids is 1. The van der Waals surface area contributed by atoms with Gasteiger partial charge in [0.2, 0.25) is 6.41 Å². The van der Waals surface area contributed by atoms with E-state index >= 15 is 0 Å². The number of carbonyl (C=O) groups is 2. The van der Waals surface area contributed by atoms with Gasteiger partial charge in [-0.05, 0) is 14.1 Å². The van der Waals surface area contributed by atoms with Crippen LogP contribution < -0.4 is 0 Å². The van der Waals surface area contributed by atoms with E-state index in [1.807, 2.05) is 14.1 Å². The second kappa shape index (κ2) is 4.68. The van der Waals surface area contributed by atoms with Gasteiger partial charge in [-0.2, -0.15) is 0 Å². The van der Waals surface area contributed by atoms with Gasteiger partial charge in [0, 0.05) is 13.1 Å². The summed E-state index contributed by atoms with van der Waals surface area (Å²) in [6.45, 7) is 0.761. The van der Waals surface area contributed by atoms with Crippen LogP contribution in [0.1, 0.15) is 0 Å². The number of nitrogens with zero attached hydrogens (tertiary/aromatic N) is 2. The fourth-order valence-electron chi connectivity index (χ4n) is 0.501. The molecule has 2 amide bonds. The van der Waals surface area contributed by atoms with Gasteiger partial charge in [0.25, 0.3) is 0 Å². The molecule has 0 saturated heterocycles. The summed E-state index contributed by atoms with van der Waals surface area (Å²) in [7, 11) is 3.62. The minimum atomic E-state index is -1.21. The lowest BCUT2D eigenvalue weighted by Crippen LogP contribution is -2.34. The van der Waals surface area contributed by atoms with Gasteiger partial charge in [0.1, 0.15) is 0 Å². The first-order valence-corrected chi connectivity index (χ1v) is 3.17. The Bertz CT molecular complexity index is 147. The minimum absolute atomic E-state index is 0.214. The molecule has 0 aliphatic rings. The Morgan fingerprint density at radius 3 is 2.27 bits per heavy atom. The zero-order valence-electron chi connectivity index (χ0n) is 6.65. The van der Waals surface area contributed by atoms with Crippen molar-refractivity contribution in [2.24, 2.45) is 0 Å². The van der Waals surface area contributed by atoms with Gasteiger partial charge in [0.15, 0.2) is 0 Å². The van der Waals surface area contributed by atoms with Crippen LogP contribution in [0.4, 0.5) is 4.79 Å². The Kier molecular flexibility index (Phi) is 4.21. The molecule has 0 fully saturated rings. The van der Waals surface area contributed by atoms with E-state index in [2.05, 4.69) is 0 Å². The molecule has 0 rings (SSSR count). The van der Waals surface area contributed by atoms with Gasteiger partial charge in [-0.3, -0.25) is 4.79 Å². The summed E-state index contributed by atoms with van der Waals surface area (Å²) in [5.41, 5.74) is 0. The second-order valence-electron chi connectivity index (χ2n) is 2.38. The molecule has 1 N–H and O–H groups in total. The van der Waals surface area contributed by atoms with Crippen molar-refractivity contribution < 1.29 is 14.7 Å². The summed E-state index contributed by atoms with van der Waals surface area (Å²) in [5, 5.41) is 8.36. The standard InChI is InChI=1S/C6H12N2O3/c1-7(2)3-4-8(5-9)6(10)11/h5H,3-4H2,1-2H3,(H,10,11). The van der Waals surface area contributed by atoms with E-state index in [0.29, 0.717) is 17.9 Å². The van der Waals surface area contributed by atoms with E-state index in [1.54, 1.807) is 4.90 Å². The Balaban J connectivity index is 3.70. The molecule has 11 heavy (non-hydrogen) atoms. The largest absolute Gasteiger partial charge is 0.465 e. The molecule has 0 aromatic rings. The molecule has 0 heterocycles. The van der Waals surface area contributed by atoms with Gasteiger partial charge in [-0.25, -0.2) is 9.69 Å². The Morgan fingerprint density at radius 1 is 1.45 bits per heavy atom. The maximum atomic E-state index is 10.2. The summed E-state index contributed by atoms with van der Waals surface area (Å²) < 4.78 is 0. The maximum absolute atomic E-state index is 10.2. The lowest BCUT2D eigenvalue weighted by atomic mass is 10.5. The highest BCUT2D eigenvalue weighted by Crippen LogP contribution is 1.84. The van der Waals surface area contributed by atoms with Crippen molar-refractivity contribution in [3.63, 3.8) is 0 Å². The molecule has 64 valence electrons. The molecule has 5 nitrogen and oxygen atoms in total. The van der Waals surface area contributed by atoms with E-state index in [0.717, 1.165) is 0 Å². The first-order chi connectivity index (χ1) is 5.07. The minimum Gasteiger partial charge on any atom is -0.465 e. The van der Waals surface area contributed by atoms with Crippen LogP contribution in [-0.4, -0.2) is 54.6 Å². The van der Waals surface area contributed by atoms with Gasteiger partial charge in [-0.1, -0.05) is 0 Å². The molecule has 5 heteroatoms. The first kappa shape index (κ1) is 9.90. The number of likely N-dealkylation sites (N-methyl/N-ethyl adjacent to an activating group) is 1. The van der Waals surface area contributed by atoms with Crippen molar-refractivity contribution >= 4 is 12.5 Å². The van der Waals surface area contributed by atoms with Crippen molar-refractivity contribution in [1.29, 1.82) is 0 Å². The molecular weight excluding hydrogens is 148 g/mol. The quantitative estimate of drug-likeness (QED) is 0.573. The normalized spacial score (nSPS) is 9.73. The molecule has 0 atom stereocenters. The topological polar surface area (TPSA) is 60.9 Å². The van der Waals surface area contributed by atoms with Crippen LogP contribution in [0, 0.1) is 0 Å². The molecule has 0 aliphatic carbocycles. The molecule has 0 radical (unpaired) electrons. The van der Waals surface area contributed by atoms with Gasteiger partial charge in [-0.15, -0.1) is 0 Å². The van der Waals surface area contributed by atoms with Crippen LogP contribution >= 0.6 is 0 Å². The van der Waals surface area contributed by atoms with E-state index < -0.39 is 6.09 Å². The molecule has 0 aromatic heterocycles. The van der Waals surface area contributed by atoms with Crippen LogP contribution in [0.2, 0.25) is 0 Å². The molecule has 0 aliphatic heterocycles. The second-order valence-corrected chi connectivity index (χ2v) is 2.38. The van der Waals surface area contributed by atoms with E-state index in [9.17, 15) is 9.59 Å². The van der Waals surface area contributed by atoms with Crippen molar-refractivity contribution in [1.82, 2.24) is 9.80 Å². The highest BCUT2D eigenvalue weighted by molar-refractivity contribution is 5.78. The van der Waals surface area contributed by atoms with Gasteiger partial charge in [0.05, 0.1) is 0 Å². The Labute approximate surface area is 65.2 Å². The van der Waals surface area contributed by atoms with E-state index in [1.165, 1.54) is 0 Å². The van der Waals surface area contributed by atoms with Crippen LogP contribution in [0.25, 0.3) is 0 Å². The summed E-state index contributed by atoms with van der Waals surface area (Å²) in [6.07, 6.45) is -0.895. The molecule has 0 spiro atoms. The van der Waals surface area contributed by atoms with Crippen molar-refractivity contribution in [3.05, 3.63) is 0 Å². The number of hydrogen-bond donors (Lipinski definition) is 1. The lowest BCUT2D eigenvalue weighted by molar-refractivity contribution is -0.116. The zero-order chi connectivity index (χ0) is 8.85. The molecule has 0 bridgehead atoms. The molecule has 0 saturated carbocycles. The Hall–Kier alpha value is -1.10. The first-order valence-electron chi connectivity index (χ1n) is 3.17. The van der Waals surface area contributed by atoms with Crippen molar-refractivity contribution in [2.45, 2.75) is 0 Å². The number of carboxylic acid groups (broad SMARTS) is 1. The van der Waals surface area contributed by atoms with Crippen LogP contribution in [0.5, 0.6) is 0 Å². The zero-order valence-corrected chi connectivity index (χ0v) is 6.65. The number of hydrogen-bond acceptors (Lipinski definition) is 3. The average molecular weight is 160 g/mol. The van der Waals surface area contributed by atoms with Gasteiger partial charge >= 0.3 is 6.09 Å². The Morgan fingerprint density at radius 2 is 2.00 bits per heavy atom. The highest BCUT2D eigenvalue weighted by Gasteiger charge is 2.08. The summed E-state index contributed by atoms with van der Waals surface area (Å²) >= 11 is 0. The summed E-state index contributed by atoms with van der Waals surface area (Å²) in [5.74, 6) is 0. The predicted molar refractivity (Wildman–Crippen MR) is 39.3 cm³/mol. The third-order valence-corrected chi connectivity index (χ3v) is 1.16. The third-order valence-electron chi connectivity index (χ3n) is 1.16. The summed E-state index contributed by atoms with van der Waals surface area (Å²) in [6, 6.07) is 0. The van der Waals surface area contributed by atoms with E-state index in [4.69, 9.17) is 5.11 Å². The van der Waals surface area contributed by atoms with Crippen LogP contribution in [0.15, 0.2) is 0 Å².